The zero-order valence-electron chi connectivity index (χ0n) is 21.9. The zero-order valence-corrected chi connectivity index (χ0v) is 21.9. The number of benzene rings is 2. The minimum absolute atomic E-state index is 0.0584. The van der Waals surface area contributed by atoms with Crippen molar-refractivity contribution in [2.45, 2.75) is 25.8 Å². The zero-order chi connectivity index (χ0) is 27.6. The first-order chi connectivity index (χ1) is 19.5. The lowest BCUT2D eigenvalue weighted by molar-refractivity contribution is 0.0807. The third kappa shape index (κ3) is 4.67. The Kier molecular flexibility index (Phi) is 6.72. The molecule has 5 aromatic rings. The van der Waals surface area contributed by atoms with E-state index >= 15 is 0 Å². The van der Waals surface area contributed by atoms with Gasteiger partial charge < -0.3 is 15.8 Å². The molecule has 0 unspecified atom stereocenters. The van der Waals surface area contributed by atoms with Gasteiger partial charge in [-0.15, -0.1) is 5.10 Å². The van der Waals surface area contributed by atoms with Crippen molar-refractivity contribution in [1.82, 2.24) is 29.5 Å². The van der Waals surface area contributed by atoms with Gasteiger partial charge in [0.15, 0.2) is 11.5 Å². The minimum Gasteiger partial charge on any atom is -0.381 e. The first kappa shape index (κ1) is 25.3. The lowest BCUT2D eigenvalue weighted by Crippen LogP contribution is -2.33. The average molecular weight is 534 g/mol. The number of carbonyl (C=O) groups is 1. The van der Waals surface area contributed by atoms with Crippen molar-refractivity contribution < 1.29 is 9.53 Å². The maximum Gasteiger partial charge on any atom is 0.267 e. The summed E-state index contributed by atoms with van der Waals surface area (Å²) in [6, 6.07) is 15.7. The number of hydrogen-bond acceptors (Lipinski definition) is 7. The number of nitrogens with one attached hydrogen (secondary N) is 1. The second kappa shape index (κ2) is 10.6. The summed E-state index contributed by atoms with van der Waals surface area (Å²) in [7, 11) is 0. The summed E-state index contributed by atoms with van der Waals surface area (Å²) in [4.78, 5) is 36.7. The molecule has 4 heterocycles. The van der Waals surface area contributed by atoms with Crippen molar-refractivity contribution in [2.75, 3.05) is 18.9 Å². The molecule has 10 heteroatoms. The van der Waals surface area contributed by atoms with Crippen molar-refractivity contribution in [3.63, 3.8) is 0 Å². The number of fused-ring (bicyclic) bond motifs is 2. The number of hydrogen-bond donors (Lipinski definition) is 2. The quantitative estimate of drug-likeness (QED) is 0.339. The van der Waals surface area contributed by atoms with Gasteiger partial charge in [-0.2, -0.15) is 0 Å². The molecule has 1 aliphatic rings. The van der Waals surface area contributed by atoms with Gasteiger partial charge in [0.25, 0.3) is 11.5 Å². The Labute approximate surface area is 229 Å². The fourth-order valence-corrected chi connectivity index (χ4v) is 4.95. The number of carbonyl (C=O) groups excluding carboxylic acids is 1. The van der Waals surface area contributed by atoms with E-state index in [2.05, 4.69) is 27.2 Å². The number of rotatable bonds is 4. The Hall–Kier alpha value is -5.01. The summed E-state index contributed by atoms with van der Waals surface area (Å²) < 4.78 is 8.43. The molecule has 1 amide bonds. The van der Waals surface area contributed by atoms with E-state index in [0.29, 0.717) is 46.8 Å². The van der Waals surface area contributed by atoms with Crippen LogP contribution in [0.5, 0.6) is 0 Å². The van der Waals surface area contributed by atoms with Gasteiger partial charge in [0.1, 0.15) is 11.4 Å². The van der Waals surface area contributed by atoms with Crippen LogP contribution in [0.4, 0.5) is 5.82 Å². The highest BCUT2D eigenvalue weighted by atomic mass is 16.5. The molecule has 2 aromatic carbocycles. The monoisotopic (exact) mass is 533 g/mol. The Morgan fingerprint density at radius 3 is 2.73 bits per heavy atom. The summed E-state index contributed by atoms with van der Waals surface area (Å²) >= 11 is 0. The molecule has 10 nitrogen and oxygen atoms in total. The third-order valence-corrected chi connectivity index (χ3v) is 6.95. The molecule has 1 aliphatic heterocycles. The Morgan fingerprint density at radius 1 is 1.12 bits per heavy atom. The highest BCUT2D eigenvalue weighted by molar-refractivity contribution is 6.04. The van der Waals surface area contributed by atoms with E-state index in [1.54, 1.807) is 31.5 Å². The number of aromatic nitrogens is 5. The van der Waals surface area contributed by atoms with Crippen LogP contribution in [0.15, 0.2) is 71.8 Å². The third-order valence-electron chi connectivity index (χ3n) is 6.95. The van der Waals surface area contributed by atoms with Crippen LogP contribution in [-0.4, -0.2) is 43.3 Å². The minimum atomic E-state index is -0.667. The molecule has 0 radical (unpaired) electrons. The lowest BCUT2D eigenvalue weighted by atomic mass is 10.00. The fourth-order valence-electron chi connectivity index (χ4n) is 4.95. The van der Waals surface area contributed by atoms with Crippen molar-refractivity contribution in [3.8, 4) is 17.5 Å². The Balaban J connectivity index is 1.45. The van der Waals surface area contributed by atoms with Gasteiger partial charge in [-0.1, -0.05) is 36.1 Å². The van der Waals surface area contributed by atoms with Crippen molar-refractivity contribution in [3.05, 3.63) is 94.3 Å². The van der Waals surface area contributed by atoms with Crippen molar-refractivity contribution in [1.29, 1.82) is 0 Å². The van der Waals surface area contributed by atoms with Gasteiger partial charge in [-0.3, -0.25) is 14.2 Å². The molecule has 0 aliphatic carbocycles. The highest BCUT2D eigenvalue weighted by Gasteiger charge is 2.25. The smallest absolute Gasteiger partial charge is 0.267 e. The van der Waals surface area contributed by atoms with Crippen LogP contribution in [0.25, 0.3) is 22.2 Å². The normalized spacial score (nSPS) is 14.5. The largest absolute Gasteiger partial charge is 0.381 e. The molecular formula is C30H27N7O3. The number of amides is 1. The summed E-state index contributed by atoms with van der Waals surface area (Å²) in [6.07, 6.45) is 4.98. The summed E-state index contributed by atoms with van der Waals surface area (Å²) in [5, 5.41) is 7.55. The molecular weight excluding hydrogens is 506 g/mol. The molecule has 0 saturated carbocycles. The number of nitrogens with zero attached hydrogens (tertiary/aromatic N) is 5. The van der Waals surface area contributed by atoms with Gasteiger partial charge in [0.2, 0.25) is 0 Å². The molecule has 40 heavy (non-hydrogen) atoms. The number of ether oxygens (including phenoxy) is 1. The average Bonchev–Trinajstić information content (AvgIpc) is 3.32. The summed E-state index contributed by atoms with van der Waals surface area (Å²) in [5.74, 6) is 6.75. The molecule has 1 saturated heterocycles. The van der Waals surface area contributed by atoms with Gasteiger partial charge in [0, 0.05) is 37.1 Å². The highest BCUT2D eigenvalue weighted by Crippen LogP contribution is 2.22. The van der Waals surface area contributed by atoms with Crippen molar-refractivity contribution in [2.24, 2.45) is 5.92 Å². The van der Waals surface area contributed by atoms with Crippen LogP contribution in [0.2, 0.25) is 0 Å². The number of para-hydroxylation sites is 1. The first-order valence-corrected chi connectivity index (χ1v) is 13.1. The SMILES string of the molecule is C[C@H](NC(=O)c1c(N)nn2cccnc12)c1nc2cccc(C#CC3CCOCC3)c2c(=O)n1-c1ccccc1. The van der Waals surface area contributed by atoms with Crippen LogP contribution in [0.3, 0.4) is 0 Å². The molecule has 0 bridgehead atoms. The van der Waals surface area contributed by atoms with E-state index in [1.807, 2.05) is 42.5 Å². The van der Waals surface area contributed by atoms with Gasteiger partial charge in [-0.05, 0) is 50.1 Å². The Morgan fingerprint density at radius 2 is 1.93 bits per heavy atom. The van der Waals surface area contributed by atoms with Gasteiger partial charge in [0.05, 0.1) is 22.6 Å². The predicted molar refractivity (Wildman–Crippen MR) is 151 cm³/mol. The van der Waals surface area contributed by atoms with E-state index in [0.717, 1.165) is 12.8 Å². The number of nitrogens with two attached hydrogens (primary N) is 1. The van der Waals surface area contributed by atoms with E-state index < -0.39 is 11.9 Å². The van der Waals surface area contributed by atoms with Crippen LogP contribution in [0.1, 0.15) is 47.6 Å². The maximum absolute atomic E-state index is 14.1. The first-order valence-electron chi connectivity index (χ1n) is 13.1. The summed E-state index contributed by atoms with van der Waals surface area (Å²) in [5.41, 5.74) is 8.05. The molecule has 200 valence electrons. The molecule has 1 atom stereocenters. The van der Waals surface area contributed by atoms with Crippen molar-refractivity contribution >= 4 is 28.3 Å². The molecule has 3 N–H and O–H groups in total. The molecule has 0 spiro atoms. The molecule has 1 fully saturated rings. The lowest BCUT2D eigenvalue weighted by Gasteiger charge is -2.20. The van der Waals surface area contributed by atoms with Crippen LogP contribution < -0.4 is 16.6 Å². The predicted octanol–water partition coefficient (Wildman–Crippen LogP) is 3.28. The van der Waals surface area contributed by atoms with Crippen LogP contribution in [0, 0.1) is 17.8 Å². The van der Waals surface area contributed by atoms with Gasteiger partial charge in [-0.25, -0.2) is 14.5 Å². The number of nitrogen functional groups attached to an aromatic ring is 1. The molecule has 6 rings (SSSR count). The summed E-state index contributed by atoms with van der Waals surface area (Å²) in [6.45, 7) is 3.16. The standard InChI is InChI=1S/C30H27N7O3/c1-19(33-29(38)25-26(31)35-36-16-6-15-32-28(25)36)27-34-23-10-5-7-21(12-11-20-13-17-40-18-14-20)24(23)30(39)37(27)22-8-3-2-4-9-22/h2-10,15-16,19-20H,13-14,17-18H2,1H3,(H2,31,35)(H,33,38)/t19-/m0/s1. The van der Waals surface area contributed by atoms with E-state index in [9.17, 15) is 9.59 Å². The maximum atomic E-state index is 14.1. The van der Waals surface area contributed by atoms with Crippen LogP contribution in [-0.2, 0) is 4.74 Å². The van der Waals surface area contributed by atoms with Crippen LogP contribution >= 0.6 is 0 Å². The molecule has 3 aromatic heterocycles. The van der Waals surface area contributed by atoms with E-state index in [-0.39, 0.29) is 22.9 Å². The Bertz CT molecular complexity index is 1840. The fraction of sp³-hybridized carbons (Fsp3) is 0.233. The second-order valence-electron chi connectivity index (χ2n) is 9.65. The second-order valence-corrected chi connectivity index (χ2v) is 9.65. The van der Waals surface area contributed by atoms with E-state index in [1.165, 1.54) is 9.08 Å². The van der Waals surface area contributed by atoms with E-state index in [4.69, 9.17) is 15.5 Å². The van der Waals surface area contributed by atoms with Gasteiger partial charge >= 0.3 is 0 Å². The number of anilines is 1. The topological polar surface area (TPSA) is 129 Å².